The minimum Gasteiger partial charge on any atom is -0.373 e. The fraction of sp³-hybridized carbons (Fsp3) is 0.519. The van der Waals surface area contributed by atoms with Crippen molar-refractivity contribution in [1.82, 2.24) is 20.1 Å². The molecule has 11 heteroatoms. The van der Waals surface area contributed by atoms with Crippen LogP contribution in [0.3, 0.4) is 0 Å². The summed E-state index contributed by atoms with van der Waals surface area (Å²) < 4.78 is 0. The SMILES string of the molecule is Cc1ncc(C(=O)N[C@@H](C)C(=O)N(C)[C@@H](CC(C)C)C(=O)N2C[C@@]3(C[C@H]2C#N)c2ccccc2NC3O)s1. The van der Waals surface area contributed by atoms with Gasteiger partial charge in [0.1, 0.15) is 29.2 Å². The van der Waals surface area contributed by atoms with Crippen LogP contribution in [0.2, 0.25) is 0 Å². The van der Waals surface area contributed by atoms with Crippen molar-refractivity contribution in [3.05, 3.63) is 45.9 Å². The summed E-state index contributed by atoms with van der Waals surface area (Å²) in [5.74, 6) is -1.06. The first-order valence-electron chi connectivity index (χ1n) is 12.7. The number of aliphatic hydroxyl groups excluding tert-OH is 1. The zero-order chi connectivity index (χ0) is 27.8. The molecule has 0 bridgehead atoms. The molecule has 3 N–H and O–H groups in total. The fourth-order valence-electron chi connectivity index (χ4n) is 5.47. The van der Waals surface area contributed by atoms with Crippen LogP contribution < -0.4 is 10.6 Å². The van der Waals surface area contributed by atoms with Gasteiger partial charge < -0.3 is 25.5 Å². The lowest BCUT2D eigenvalue weighted by molar-refractivity contribution is -0.146. The van der Waals surface area contributed by atoms with Crippen molar-refractivity contribution in [2.45, 2.75) is 70.3 Å². The van der Waals surface area contributed by atoms with E-state index in [4.69, 9.17) is 0 Å². The minimum atomic E-state index is -0.943. The van der Waals surface area contributed by atoms with Gasteiger partial charge in [0.25, 0.3) is 5.91 Å². The minimum absolute atomic E-state index is 0.0841. The predicted molar refractivity (Wildman–Crippen MR) is 143 cm³/mol. The van der Waals surface area contributed by atoms with Crippen LogP contribution in [0.1, 0.15) is 53.9 Å². The van der Waals surface area contributed by atoms with Gasteiger partial charge in [0.15, 0.2) is 0 Å². The molecule has 1 saturated heterocycles. The van der Waals surface area contributed by atoms with Gasteiger partial charge in [-0.2, -0.15) is 5.26 Å². The third-order valence-corrected chi connectivity index (χ3v) is 8.37. The summed E-state index contributed by atoms with van der Waals surface area (Å²) in [7, 11) is 1.56. The van der Waals surface area contributed by atoms with Crippen molar-refractivity contribution < 1.29 is 19.5 Å². The van der Waals surface area contributed by atoms with Crippen molar-refractivity contribution in [1.29, 1.82) is 5.26 Å². The number of nitrogens with zero attached hydrogens (tertiary/aromatic N) is 4. The first kappa shape index (κ1) is 27.5. The monoisotopic (exact) mass is 538 g/mol. The Balaban J connectivity index is 1.55. The van der Waals surface area contributed by atoms with Gasteiger partial charge in [-0.05, 0) is 44.2 Å². The lowest BCUT2D eigenvalue weighted by atomic mass is 9.79. The number of aliphatic hydroxyl groups is 1. The second-order valence-corrected chi connectivity index (χ2v) is 11.8. The number of carbonyl (C=O) groups excluding carboxylic acids is 3. The number of aryl methyl sites for hydroxylation is 1. The zero-order valence-electron chi connectivity index (χ0n) is 22.3. The summed E-state index contributed by atoms with van der Waals surface area (Å²) in [5.41, 5.74) is 0.853. The Bertz CT molecular complexity index is 1270. The summed E-state index contributed by atoms with van der Waals surface area (Å²) in [4.78, 5) is 47.4. The molecule has 10 nitrogen and oxygen atoms in total. The Morgan fingerprint density at radius 1 is 1.34 bits per heavy atom. The number of aromatic nitrogens is 1. The summed E-state index contributed by atoms with van der Waals surface area (Å²) in [6.07, 6.45) is 1.20. The third kappa shape index (κ3) is 4.98. The maximum Gasteiger partial charge on any atom is 0.263 e. The van der Waals surface area contributed by atoms with Crippen LogP contribution in [0, 0.1) is 24.2 Å². The van der Waals surface area contributed by atoms with Crippen LogP contribution in [0.25, 0.3) is 0 Å². The van der Waals surface area contributed by atoms with E-state index in [0.717, 1.165) is 16.3 Å². The number of nitrogens with one attached hydrogen (secondary N) is 2. The van der Waals surface area contributed by atoms with Crippen LogP contribution in [0.4, 0.5) is 5.69 Å². The molecule has 0 radical (unpaired) electrons. The fourth-order valence-corrected chi connectivity index (χ4v) is 6.15. The molecule has 1 spiro atoms. The van der Waals surface area contributed by atoms with Gasteiger partial charge in [0, 0.05) is 19.3 Å². The lowest BCUT2D eigenvalue weighted by Gasteiger charge is -2.35. The number of amides is 3. The van der Waals surface area contributed by atoms with Crippen molar-refractivity contribution >= 4 is 34.7 Å². The van der Waals surface area contributed by atoms with Gasteiger partial charge in [-0.1, -0.05) is 32.0 Å². The van der Waals surface area contributed by atoms with Crippen molar-refractivity contribution in [2.24, 2.45) is 5.92 Å². The molecule has 2 aromatic rings. The second kappa shape index (κ2) is 10.7. The van der Waals surface area contributed by atoms with E-state index in [9.17, 15) is 24.8 Å². The van der Waals surface area contributed by atoms with Crippen molar-refractivity contribution in [3.8, 4) is 6.07 Å². The van der Waals surface area contributed by atoms with Gasteiger partial charge in [-0.15, -0.1) is 11.3 Å². The summed E-state index contributed by atoms with van der Waals surface area (Å²) >= 11 is 1.24. The molecule has 1 unspecified atom stereocenters. The van der Waals surface area contributed by atoms with Gasteiger partial charge in [0.2, 0.25) is 11.8 Å². The number of likely N-dealkylation sites (N-methyl/N-ethyl adjacent to an activating group) is 1. The molecule has 4 rings (SSSR count). The number of hydrogen-bond acceptors (Lipinski definition) is 8. The topological polar surface area (TPSA) is 139 Å². The first-order chi connectivity index (χ1) is 18.0. The molecule has 2 aliphatic rings. The van der Waals surface area contributed by atoms with Gasteiger partial charge >= 0.3 is 0 Å². The highest BCUT2D eigenvalue weighted by Crippen LogP contribution is 2.48. The van der Waals surface area contributed by atoms with Crippen LogP contribution in [-0.2, 0) is 15.0 Å². The molecule has 3 heterocycles. The van der Waals surface area contributed by atoms with Gasteiger partial charge in [-0.3, -0.25) is 14.4 Å². The smallest absolute Gasteiger partial charge is 0.263 e. The summed E-state index contributed by atoms with van der Waals surface area (Å²) in [6.45, 7) is 7.46. The number of likely N-dealkylation sites (tertiary alicyclic amines) is 1. The maximum atomic E-state index is 14.0. The van der Waals surface area contributed by atoms with Crippen molar-refractivity contribution in [2.75, 3.05) is 18.9 Å². The average Bonchev–Trinajstić information content (AvgIpc) is 3.57. The molecule has 1 aromatic carbocycles. The first-order valence-corrected chi connectivity index (χ1v) is 13.5. The van der Waals surface area contributed by atoms with Crippen LogP contribution in [-0.4, -0.2) is 75.6 Å². The van der Waals surface area contributed by atoms with E-state index in [1.54, 1.807) is 20.9 Å². The number of nitriles is 1. The standard InChI is InChI=1S/C27H34N6O4S/c1-15(2)10-21(32(5)24(35)16(3)30-23(34)22-13-29-17(4)38-22)25(36)33-14-27(11-18(33)12-28)19-8-6-7-9-20(19)31-26(27)37/h6-9,13,15-16,18,21,26,31,37H,10-11,14H2,1-5H3,(H,30,34)/t16-,18-,21-,26?,27-/m0/s1. The van der Waals surface area contributed by atoms with E-state index >= 15 is 0 Å². The van der Waals surface area contributed by atoms with Crippen LogP contribution in [0.5, 0.6) is 0 Å². The Labute approximate surface area is 226 Å². The number of anilines is 1. The largest absolute Gasteiger partial charge is 0.373 e. The number of thiazole rings is 1. The number of para-hydroxylation sites is 1. The molecule has 2 aliphatic heterocycles. The summed E-state index contributed by atoms with van der Waals surface area (Å²) in [6, 6.07) is 7.31. The highest BCUT2D eigenvalue weighted by molar-refractivity contribution is 7.13. The van der Waals surface area contributed by atoms with E-state index in [0.29, 0.717) is 11.3 Å². The average molecular weight is 539 g/mol. The number of rotatable bonds is 7. The quantitative estimate of drug-likeness (QED) is 0.491. The molecule has 38 heavy (non-hydrogen) atoms. The molecule has 5 atom stereocenters. The van der Waals surface area contributed by atoms with Crippen molar-refractivity contribution in [3.63, 3.8) is 0 Å². The number of carbonyl (C=O) groups is 3. The van der Waals surface area contributed by atoms with Crippen LogP contribution in [0.15, 0.2) is 30.5 Å². The molecular formula is C27H34N6O4S. The number of benzene rings is 1. The Morgan fingerprint density at radius 3 is 2.68 bits per heavy atom. The lowest BCUT2D eigenvalue weighted by Crippen LogP contribution is -2.55. The highest BCUT2D eigenvalue weighted by atomic mass is 32.1. The van der Waals surface area contributed by atoms with Gasteiger partial charge in [0.05, 0.1) is 22.7 Å². The molecule has 202 valence electrons. The van der Waals surface area contributed by atoms with Crippen LogP contribution >= 0.6 is 11.3 Å². The molecule has 3 amide bonds. The predicted octanol–water partition coefficient (Wildman–Crippen LogP) is 2.25. The summed E-state index contributed by atoms with van der Waals surface area (Å²) in [5, 5.41) is 27.5. The molecule has 0 saturated carbocycles. The maximum absolute atomic E-state index is 14.0. The Morgan fingerprint density at radius 2 is 2.05 bits per heavy atom. The Kier molecular flexibility index (Phi) is 7.76. The zero-order valence-corrected chi connectivity index (χ0v) is 23.1. The molecule has 1 aromatic heterocycles. The number of fused-ring (bicyclic) bond motifs is 2. The number of hydrogen-bond donors (Lipinski definition) is 3. The normalized spacial score (nSPS) is 23.5. The van der Waals surface area contributed by atoms with E-state index in [1.807, 2.05) is 38.1 Å². The van der Waals surface area contributed by atoms with E-state index < -0.39 is 41.6 Å². The highest BCUT2D eigenvalue weighted by Gasteiger charge is 2.56. The molecule has 1 fully saturated rings. The Hall–Kier alpha value is -3.49. The van der Waals surface area contributed by atoms with Gasteiger partial charge in [-0.25, -0.2) is 4.98 Å². The second-order valence-electron chi connectivity index (χ2n) is 10.6. The van der Waals surface area contributed by atoms with E-state index in [2.05, 4.69) is 21.7 Å². The third-order valence-electron chi connectivity index (χ3n) is 7.46. The van der Waals surface area contributed by atoms with E-state index in [-0.39, 0.29) is 24.8 Å². The van der Waals surface area contributed by atoms with E-state index in [1.165, 1.54) is 27.3 Å². The molecule has 0 aliphatic carbocycles. The molecular weight excluding hydrogens is 504 g/mol.